The molecule has 1 heterocycles. The van der Waals surface area contributed by atoms with Gasteiger partial charge in [0.1, 0.15) is 0 Å². The fourth-order valence-corrected chi connectivity index (χ4v) is 5.77. The molecule has 1 aromatic carbocycles. The molecule has 3 atom stereocenters. The third-order valence-electron chi connectivity index (χ3n) is 3.44. The fraction of sp³-hybridized carbons (Fsp3) is 0.375. The quantitative estimate of drug-likeness (QED) is 0.647. The van der Waals surface area contributed by atoms with Crippen molar-refractivity contribution in [1.29, 1.82) is 0 Å². The van der Waals surface area contributed by atoms with Gasteiger partial charge < -0.3 is 9.47 Å². The fourth-order valence-electron chi connectivity index (χ4n) is 2.48. The maximum atomic E-state index is 12.0. The maximum absolute atomic E-state index is 12.0. The molecule has 22 heavy (non-hydrogen) atoms. The Morgan fingerprint density at radius 1 is 1.50 bits per heavy atom. The number of ether oxygens (including phenoxy) is 2. The minimum Gasteiger partial charge on any atom is -0.478 e. The Morgan fingerprint density at radius 2 is 2.32 bits per heavy atom. The van der Waals surface area contributed by atoms with Crippen molar-refractivity contribution >= 4 is 45.2 Å². The molecule has 0 saturated heterocycles. The molecule has 0 fully saturated rings. The third-order valence-corrected chi connectivity index (χ3v) is 6.51. The second-order valence-electron chi connectivity index (χ2n) is 5.11. The second-order valence-corrected chi connectivity index (χ2v) is 8.94. The van der Waals surface area contributed by atoms with Gasteiger partial charge in [-0.3, -0.25) is 4.21 Å². The highest BCUT2D eigenvalue weighted by Gasteiger charge is 2.28. The summed E-state index contributed by atoms with van der Waals surface area (Å²) in [6.07, 6.45) is 6.46. The van der Waals surface area contributed by atoms with Gasteiger partial charge in [-0.1, -0.05) is 18.2 Å². The average molecular weight is 448 g/mol. The third kappa shape index (κ3) is 3.44. The van der Waals surface area contributed by atoms with Crippen LogP contribution in [0.25, 0.3) is 0 Å². The summed E-state index contributed by atoms with van der Waals surface area (Å²) in [5.74, 6) is 1.04. The standard InChI is InChI=1S/C16H17IO3S2/c1-3-19-12-5-4-11(17)8-13(12)21-14-6-10(2)7-15-16(14)20-9-22(15)18/h4-8,12-13H,3,9H2,1-2H3. The summed E-state index contributed by atoms with van der Waals surface area (Å²) >= 11 is 4.05. The zero-order valence-electron chi connectivity index (χ0n) is 12.4. The first kappa shape index (κ1) is 16.5. The predicted octanol–water partition coefficient (Wildman–Crippen LogP) is 4.21. The number of allylic oxidation sites excluding steroid dienone is 2. The molecule has 3 nitrogen and oxygen atoms in total. The summed E-state index contributed by atoms with van der Waals surface area (Å²) in [6.45, 7) is 4.72. The summed E-state index contributed by atoms with van der Waals surface area (Å²) in [6, 6.07) is 4.07. The first-order chi connectivity index (χ1) is 10.6. The van der Waals surface area contributed by atoms with Gasteiger partial charge in [0.25, 0.3) is 0 Å². The van der Waals surface area contributed by atoms with Crippen LogP contribution in [0.3, 0.4) is 0 Å². The predicted molar refractivity (Wildman–Crippen MR) is 99.4 cm³/mol. The van der Waals surface area contributed by atoms with Crippen LogP contribution in [0.5, 0.6) is 5.75 Å². The van der Waals surface area contributed by atoms with E-state index in [2.05, 4.69) is 46.9 Å². The summed E-state index contributed by atoms with van der Waals surface area (Å²) in [4.78, 5) is 1.87. The molecule has 1 aliphatic heterocycles. The SMILES string of the molecule is CCOC1C=CC(I)=CC1Sc1cc(C)cc2c1OCS2=O. The molecule has 2 aliphatic rings. The van der Waals surface area contributed by atoms with Crippen LogP contribution in [0.15, 0.2) is 43.7 Å². The van der Waals surface area contributed by atoms with E-state index in [-0.39, 0.29) is 17.3 Å². The molecule has 0 spiro atoms. The Kier molecular flexibility index (Phi) is 5.31. The lowest BCUT2D eigenvalue weighted by Gasteiger charge is -2.25. The zero-order chi connectivity index (χ0) is 15.7. The first-order valence-electron chi connectivity index (χ1n) is 7.08. The van der Waals surface area contributed by atoms with Crippen LogP contribution in [-0.2, 0) is 15.5 Å². The Morgan fingerprint density at radius 3 is 3.09 bits per heavy atom. The average Bonchev–Trinajstić information content (AvgIpc) is 2.84. The molecule has 3 unspecified atom stereocenters. The van der Waals surface area contributed by atoms with Crippen molar-refractivity contribution in [3.8, 4) is 5.75 Å². The number of aryl methyl sites for hydroxylation is 1. The lowest BCUT2D eigenvalue weighted by molar-refractivity contribution is 0.101. The van der Waals surface area contributed by atoms with Gasteiger partial charge in [0.15, 0.2) is 11.7 Å². The minimum absolute atomic E-state index is 0.0524. The van der Waals surface area contributed by atoms with Crippen molar-refractivity contribution in [2.45, 2.75) is 35.0 Å². The van der Waals surface area contributed by atoms with Crippen molar-refractivity contribution < 1.29 is 13.7 Å². The Labute approximate surface area is 151 Å². The molecule has 118 valence electrons. The van der Waals surface area contributed by atoms with Crippen LogP contribution in [0, 0.1) is 6.92 Å². The van der Waals surface area contributed by atoms with Gasteiger partial charge in [-0.05, 0) is 54.1 Å². The number of benzene rings is 1. The van der Waals surface area contributed by atoms with E-state index in [1.807, 2.05) is 19.9 Å². The minimum atomic E-state index is -1.04. The van der Waals surface area contributed by atoms with E-state index >= 15 is 0 Å². The summed E-state index contributed by atoms with van der Waals surface area (Å²) < 4.78 is 24.7. The highest BCUT2D eigenvalue weighted by Crippen LogP contribution is 2.43. The van der Waals surface area contributed by atoms with Crippen LogP contribution in [0.1, 0.15) is 12.5 Å². The van der Waals surface area contributed by atoms with Gasteiger partial charge in [0.2, 0.25) is 0 Å². The van der Waals surface area contributed by atoms with Crippen LogP contribution < -0.4 is 4.74 Å². The number of halogens is 1. The van der Waals surface area contributed by atoms with E-state index in [4.69, 9.17) is 9.47 Å². The van der Waals surface area contributed by atoms with E-state index < -0.39 is 10.8 Å². The molecule has 0 radical (unpaired) electrons. The van der Waals surface area contributed by atoms with Gasteiger partial charge >= 0.3 is 0 Å². The van der Waals surface area contributed by atoms with Crippen molar-refractivity contribution in [2.75, 3.05) is 12.5 Å². The van der Waals surface area contributed by atoms with Crippen LogP contribution >= 0.6 is 34.4 Å². The number of fused-ring (bicyclic) bond motifs is 1. The number of hydrogen-bond donors (Lipinski definition) is 0. The van der Waals surface area contributed by atoms with E-state index in [0.29, 0.717) is 6.61 Å². The van der Waals surface area contributed by atoms with Crippen LogP contribution in [-0.4, -0.2) is 28.1 Å². The van der Waals surface area contributed by atoms with Gasteiger partial charge in [0.05, 0.1) is 31.9 Å². The number of hydrogen-bond acceptors (Lipinski definition) is 4. The van der Waals surface area contributed by atoms with Crippen molar-refractivity contribution in [2.24, 2.45) is 0 Å². The van der Waals surface area contributed by atoms with E-state index in [1.165, 1.54) is 3.58 Å². The maximum Gasteiger partial charge on any atom is 0.167 e. The van der Waals surface area contributed by atoms with E-state index in [9.17, 15) is 4.21 Å². The van der Waals surface area contributed by atoms with Gasteiger partial charge in [0, 0.05) is 10.2 Å². The molecular formula is C16H17IO3S2. The van der Waals surface area contributed by atoms with Crippen LogP contribution in [0.2, 0.25) is 0 Å². The summed E-state index contributed by atoms with van der Waals surface area (Å²) in [7, 11) is -1.04. The van der Waals surface area contributed by atoms with Gasteiger partial charge in [-0.25, -0.2) is 0 Å². The molecule has 3 rings (SSSR count). The summed E-state index contributed by atoms with van der Waals surface area (Å²) in [5.41, 5.74) is 1.11. The molecular weight excluding hydrogens is 431 g/mol. The smallest absolute Gasteiger partial charge is 0.167 e. The Balaban J connectivity index is 1.91. The molecule has 0 bridgehead atoms. The van der Waals surface area contributed by atoms with Crippen molar-refractivity contribution in [1.82, 2.24) is 0 Å². The molecule has 0 saturated carbocycles. The van der Waals surface area contributed by atoms with Crippen molar-refractivity contribution in [3.63, 3.8) is 0 Å². The highest BCUT2D eigenvalue weighted by molar-refractivity contribution is 14.1. The normalized spacial score (nSPS) is 26.5. The lowest BCUT2D eigenvalue weighted by Crippen LogP contribution is -2.25. The lowest BCUT2D eigenvalue weighted by atomic mass is 10.1. The molecule has 0 N–H and O–H groups in total. The topological polar surface area (TPSA) is 35.5 Å². The van der Waals surface area contributed by atoms with Gasteiger partial charge in [-0.2, -0.15) is 0 Å². The molecule has 0 aromatic heterocycles. The number of thioether (sulfide) groups is 1. The Hall–Kier alpha value is -0.310. The zero-order valence-corrected chi connectivity index (χ0v) is 16.2. The summed E-state index contributed by atoms with van der Waals surface area (Å²) in [5, 5.41) is 0.195. The Bertz CT molecular complexity index is 670. The first-order valence-corrected chi connectivity index (χ1v) is 10.4. The largest absolute Gasteiger partial charge is 0.478 e. The molecule has 1 aromatic rings. The molecule has 6 heteroatoms. The van der Waals surface area contributed by atoms with E-state index in [0.717, 1.165) is 21.1 Å². The van der Waals surface area contributed by atoms with Gasteiger partial charge in [-0.15, -0.1) is 11.8 Å². The van der Waals surface area contributed by atoms with Crippen molar-refractivity contribution in [3.05, 3.63) is 39.5 Å². The molecule has 0 amide bonds. The molecule has 1 aliphatic carbocycles. The van der Waals surface area contributed by atoms with E-state index in [1.54, 1.807) is 11.8 Å². The highest BCUT2D eigenvalue weighted by atomic mass is 127. The van der Waals surface area contributed by atoms with Crippen LogP contribution in [0.4, 0.5) is 0 Å². The number of rotatable bonds is 4. The monoisotopic (exact) mass is 448 g/mol. The second kappa shape index (κ2) is 7.07.